The first kappa shape index (κ1) is 15.9. The average molecular weight is 325 g/mol. The second kappa shape index (κ2) is 5.92. The van der Waals surface area contributed by atoms with E-state index >= 15 is 0 Å². The Hall–Kier alpha value is -2.96. The number of aromatic nitrogens is 4. The van der Waals surface area contributed by atoms with Crippen molar-refractivity contribution in [1.82, 2.24) is 19.7 Å². The van der Waals surface area contributed by atoms with Gasteiger partial charge < -0.3 is 4.74 Å². The zero-order valence-corrected chi connectivity index (χ0v) is 14.1. The van der Waals surface area contributed by atoms with Gasteiger partial charge in [0.2, 0.25) is 0 Å². The third-order valence-corrected chi connectivity index (χ3v) is 3.23. The highest BCUT2D eigenvalue weighted by atomic mass is 16.6. The summed E-state index contributed by atoms with van der Waals surface area (Å²) >= 11 is 0. The van der Waals surface area contributed by atoms with Gasteiger partial charge >= 0.3 is 6.09 Å². The summed E-state index contributed by atoms with van der Waals surface area (Å²) in [7, 11) is 1.87. The molecule has 0 unspecified atom stereocenters. The number of nitrogens with zero attached hydrogens (tertiary/aromatic N) is 4. The van der Waals surface area contributed by atoms with Gasteiger partial charge in [-0.25, -0.2) is 9.78 Å². The molecule has 7 nitrogen and oxygen atoms in total. The van der Waals surface area contributed by atoms with Crippen molar-refractivity contribution in [3.8, 4) is 11.1 Å². The van der Waals surface area contributed by atoms with E-state index < -0.39 is 11.7 Å². The van der Waals surface area contributed by atoms with E-state index in [1.165, 1.54) is 0 Å². The smallest absolute Gasteiger partial charge is 0.413 e. The normalized spacial score (nSPS) is 11.5. The van der Waals surface area contributed by atoms with Gasteiger partial charge in [0.05, 0.1) is 17.9 Å². The van der Waals surface area contributed by atoms with Gasteiger partial charge in [-0.3, -0.25) is 15.0 Å². The standard InChI is InChI=1S/C17H19N5O2/c1-17(2,3)24-16(23)21-15-6-11-5-12(7-18-14(11)9-19-15)13-8-20-22(4)10-13/h5-10H,1-4H3,(H,19,21,23). The number of pyridine rings is 2. The summed E-state index contributed by atoms with van der Waals surface area (Å²) < 4.78 is 6.97. The lowest BCUT2D eigenvalue weighted by atomic mass is 10.1. The molecule has 24 heavy (non-hydrogen) atoms. The van der Waals surface area contributed by atoms with Crippen molar-refractivity contribution in [3.63, 3.8) is 0 Å². The number of hydrogen-bond donors (Lipinski definition) is 1. The molecule has 0 aliphatic rings. The van der Waals surface area contributed by atoms with E-state index in [1.54, 1.807) is 29.3 Å². The molecule has 0 bridgehead atoms. The van der Waals surface area contributed by atoms with Crippen molar-refractivity contribution in [2.45, 2.75) is 26.4 Å². The van der Waals surface area contributed by atoms with Crippen LogP contribution in [-0.2, 0) is 11.8 Å². The van der Waals surface area contributed by atoms with Crippen LogP contribution in [0.25, 0.3) is 22.0 Å². The molecule has 3 aromatic heterocycles. The molecule has 124 valence electrons. The molecule has 0 radical (unpaired) electrons. The topological polar surface area (TPSA) is 81.9 Å². The Balaban J connectivity index is 1.88. The maximum absolute atomic E-state index is 11.9. The quantitative estimate of drug-likeness (QED) is 0.781. The Morgan fingerprint density at radius 3 is 2.58 bits per heavy atom. The molecule has 0 atom stereocenters. The van der Waals surface area contributed by atoms with Crippen molar-refractivity contribution < 1.29 is 9.53 Å². The summed E-state index contributed by atoms with van der Waals surface area (Å²) in [5.41, 5.74) is 2.11. The van der Waals surface area contributed by atoms with Gasteiger partial charge in [0.1, 0.15) is 11.4 Å². The van der Waals surface area contributed by atoms with Gasteiger partial charge in [0.15, 0.2) is 0 Å². The summed E-state index contributed by atoms with van der Waals surface area (Å²) in [5.74, 6) is 0.418. The predicted molar refractivity (Wildman–Crippen MR) is 91.6 cm³/mol. The molecule has 0 spiro atoms. The third kappa shape index (κ3) is 3.68. The molecule has 0 saturated carbocycles. The summed E-state index contributed by atoms with van der Waals surface area (Å²) in [6.07, 6.45) is 6.57. The van der Waals surface area contributed by atoms with Crippen LogP contribution in [-0.4, -0.2) is 31.4 Å². The number of nitrogens with one attached hydrogen (secondary N) is 1. The molecule has 0 saturated heterocycles. The molecule has 7 heteroatoms. The fraction of sp³-hybridized carbons (Fsp3) is 0.294. The van der Waals surface area contributed by atoms with Gasteiger partial charge in [0.25, 0.3) is 0 Å². The van der Waals surface area contributed by atoms with Crippen LogP contribution in [0.2, 0.25) is 0 Å². The van der Waals surface area contributed by atoms with E-state index in [-0.39, 0.29) is 0 Å². The number of carbonyl (C=O) groups is 1. The van der Waals surface area contributed by atoms with Gasteiger partial charge in [-0.05, 0) is 32.9 Å². The SMILES string of the molecule is Cn1cc(-c2cnc3cnc(NC(=O)OC(C)(C)C)cc3c2)cn1. The Morgan fingerprint density at radius 2 is 1.92 bits per heavy atom. The highest BCUT2D eigenvalue weighted by Crippen LogP contribution is 2.23. The van der Waals surface area contributed by atoms with Gasteiger partial charge in [-0.1, -0.05) is 0 Å². The summed E-state index contributed by atoms with van der Waals surface area (Å²) in [6.45, 7) is 5.43. The first-order valence-corrected chi connectivity index (χ1v) is 7.55. The van der Waals surface area contributed by atoms with Crippen molar-refractivity contribution >= 4 is 22.8 Å². The van der Waals surface area contributed by atoms with Crippen molar-refractivity contribution in [2.24, 2.45) is 7.05 Å². The maximum atomic E-state index is 11.9. The minimum Gasteiger partial charge on any atom is -0.444 e. The van der Waals surface area contributed by atoms with E-state index in [4.69, 9.17) is 4.74 Å². The van der Waals surface area contributed by atoms with Gasteiger partial charge in [-0.2, -0.15) is 5.10 Å². The number of amides is 1. The number of rotatable bonds is 2. The lowest BCUT2D eigenvalue weighted by molar-refractivity contribution is 0.0635. The van der Waals surface area contributed by atoms with Gasteiger partial charge in [0, 0.05) is 36.0 Å². The minimum atomic E-state index is -0.560. The van der Waals surface area contributed by atoms with E-state index in [0.717, 1.165) is 22.0 Å². The number of fused-ring (bicyclic) bond motifs is 1. The maximum Gasteiger partial charge on any atom is 0.413 e. The first-order chi connectivity index (χ1) is 11.3. The minimum absolute atomic E-state index is 0.418. The number of ether oxygens (including phenoxy) is 1. The zero-order chi connectivity index (χ0) is 17.3. The lowest BCUT2D eigenvalue weighted by Crippen LogP contribution is -2.27. The Kier molecular flexibility index (Phi) is 3.92. The number of anilines is 1. The molecule has 3 aromatic rings. The molecule has 0 aromatic carbocycles. The van der Waals surface area contributed by atoms with Crippen LogP contribution in [0.5, 0.6) is 0 Å². The fourth-order valence-electron chi connectivity index (χ4n) is 2.24. The summed E-state index contributed by atoms with van der Waals surface area (Å²) in [4.78, 5) is 20.5. The van der Waals surface area contributed by atoms with Crippen LogP contribution in [0.4, 0.5) is 10.6 Å². The fourth-order valence-corrected chi connectivity index (χ4v) is 2.24. The summed E-state index contributed by atoms with van der Waals surface area (Å²) in [6, 6.07) is 3.76. The van der Waals surface area contributed by atoms with Crippen LogP contribution in [0.1, 0.15) is 20.8 Å². The predicted octanol–water partition coefficient (Wildman–Crippen LogP) is 3.38. The van der Waals surface area contributed by atoms with Crippen molar-refractivity contribution in [1.29, 1.82) is 0 Å². The number of aryl methyl sites for hydroxylation is 1. The molecule has 3 heterocycles. The molecule has 1 amide bonds. The van der Waals surface area contributed by atoms with Crippen LogP contribution in [0.15, 0.2) is 36.9 Å². The van der Waals surface area contributed by atoms with Crippen LogP contribution in [0, 0.1) is 0 Å². The number of hydrogen-bond acceptors (Lipinski definition) is 5. The Labute approximate surface area is 139 Å². The van der Waals surface area contributed by atoms with Crippen LogP contribution >= 0.6 is 0 Å². The second-order valence-electron chi connectivity index (χ2n) is 6.52. The number of carbonyl (C=O) groups excluding carboxylic acids is 1. The molecule has 1 N–H and O–H groups in total. The van der Waals surface area contributed by atoms with Crippen LogP contribution < -0.4 is 5.32 Å². The molecule has 0 aliphatic carbocycles. The lowest BCUT2D eigenvalue weighted by Gasteiger charge is -2.19. The van der Waals surface area contributed by atoms with E-state index in [9.17, 15) is 4.79 Å². The zero-order valence-electron chi connectivity index (χ0n) is 14.1. The molecule has 0 aliphatic heterocycles. The van der Waals surface area contributed by atoms with E-state index in [0.29, 0.717) is 5.82 Å². The van der Waals surface area contributed by atoms with E-state index in [2.05, 4.69) is 20.4 Å². The average Bonchev–Trinajstić information content (AvgIpc) is 2.91. The molecule has 0 fully saturated rings. The summed E-state index contributed by atoms with van der Waals surface area (Å²) in [5, 5.41) is 7.68. The van der Waals surface area contributed by atoms with E-state index in [1.807, 2.05) is 40.1 Å². The monoisotopic (exact) mass is 325 g/mol. The first-order valence-electron chi connectivity index (χ1n) is 7.55. The molecular weight excluding hydrogens is 306 g/mol. The Morgan fingerprint density at radius 1 is 1.12 bits per heavy atom. The van der Waals surface area contributed by atoms with Crippen LogP contribution in [0.3, 0.4) is 0 Å². The highest BCUT2D eigenvalue weighted by Gasteiger charge is 2.16. The van der Waals surface area contributed by atoms with Gasteiger partial charge in [-0.15, -0.1) is 0 Å². The van der Waals surface area contributed by atoms with Crippen molar-refractivity contribution in [2.75, 3.05) is 5.32 Å². The molecular formula is C17H19N5O2. The molecule has 3 rings (SSSR count). The second-order valence-corrected chi connectivity index (χ2v) is 6.52. The third-order valence-electron chi connectivity index (χ3n) is 3.23. The van der Waals surface area contributed by atoms with Crippen molar-refractivity contribution in [3.05, 3.63) is 36.9 Å². The Bertz CT molecular complexity index is 895. The highest BCUT2D eigenvalue weighted by molar-refractivity contribution is 5.89. The largest absolute Gasteiger partial charge is 0.444 e.